The van der Waals surface area contributed by atoms with Crippen LogP contribution in [0, 0.1) is 6.92 Å². The Bertz CT molecular complexity index is 1280. The first-order valence-electron chi connectivity index (χ1n) is 10.9. The van der Waals surface area contributed by atoms with Crippen molar-refractivity contribution in [3.63, 3.8) is 0 Å². The maximum absolute atomic E-state index is 13.6. The highest BCUT2D eigenvalue weighted by Crippen LogP contribution is 2.29. The molecule has 3 aromatic carbocycles. The van der Waals surface area contributed by atoms with Crippen molar-refractivity contribution in [3.05, 3.63) is 77.9 Å². The van der Waals surface area contributed by atoms with Crippen LogP contribution >= 0.6 is 0 Å². The Kier molecular flexibility index (Phi) is 8.24. The molecule has 8 nitrogen and oxygen atoms in total. The number of likely N-dealkylation sites (N-methyl/N-ethyl adjacent to an activating group) is 1. The van der Waals surface area contributed by atoms with E-state index in [1.165, 1.54) is 24.1 Å². The molecule has 0 heterocycles. The second-order valence-corrected chi connectivity index (χ2v) is 9.83. The van der Waals surface area contributed by atoms with Crippen LogP contribution in [0.25, 0.3) is 0 Å². The number of hydrogen-bond acceptors (Lipinski definition) is 6. The average molecular weight is 499 g/mol. The van der Waals surface area contributed by atoms with Gasteiger partial charge in [-0.1, -0.05) is 29.8 Å². The van der Waals surface area contributed by atoms with E-state index in [-0.39, 0.29) is 23.9 Å². The number of rotatable bonds is 10. The molecule has 1 amide bonds. The maximum Gasteiger partial charge on any atom is 0.264 e. The van der Waals surface area contributed by atoms with Gasteiger partial charge < -0.3 is 19.1 Å². The molecule has 0 aliphatic rings. The normalized spacial score (nSPS) is 11.0. The van der Waals surface area contributed by atoms with Crippen molar-refractivity contribution in [2.24, 2.45) is 0 Å². The quantitative estimate of drug-likeness (QED) is 0.422. The fourth-order valence-electron chi connectivity index (χ4n) is 3.50. The van der Waals surface area contributed by atoms with E-state index in [0.717, 1.165) is 15.4 Å². The van der Waals surface area contributed by atoms with Crippen molar-refractivity contribution in [1.82, 2.24) is 4.90 Å². The third-order valence-electron chi connectivity index (χ3n) is 5.52. The van der Waals surface area contributed by atoms with Gasteiger partial charge in [0, 0.05) is 19.7 Å². The molecule has 35 heavy (non-hydrogen) atoms. The number of aryl methyl sites for hydroxylation is 1. The Hall–Kier alpha value is -3.72. The van der Waals surface area contributed by atoms with Gasteiger partial charge >= 0.3 is 0 Å². The first kappa shape index (κ1) is 25.9. The second-order valence-electron chi connectivity index (χ2n) is 7.97. The SMILES string of the molecule is COc1cccc(N(CC(=O)N(C)Cc2ccc(OC)c(OC)c2)S(=O)(=O)c2ccc(C)cc2)c1. The minimum atomic E-state index is -4.02. The summed E-state index contributed by atoms with van der Waals surface area (Å²) in [6.45, 7) is 1.76. The molecule has 0 atom stereocenters. The lowest BCUT2D eigenvalue weighted by atomic mass is 10.2. The summed E-state index contributed by atoms with van der Waals surface area (Å²) in [5, 5.41) is 0. The number of benzene rings is 3. The lowest BCUT2D eigenvalue weighted by molar-refractivity contribution is -0.128. The number of ether oxygens (including phenoxy) is 3. The molecular weight excluding hydrogens is 468 g/mol. The Morgan fingerprint density at radius 1 is 0.857 bits per heavy atom. The summed E-state index contributed by atoms with van der Waals surface area (Å²) in [4.78, 5) is 14.8. The topological polar surface area (TPSA) is 85.4 Å². The number of sulfonamides is 1. The molecule has 0 aliphatic heterocycles. The van der Waals surface area contributed by atoms with Crippen LogP contribution in [-0.2, 0) is 21.4 Å². The van der Waals surface area contributed by atoms with Gasteiger partial charge in [0.2, 0.25) is 5.91 Å². The van der Waals surface area contributed by atoms with Gasteiger partial charge in [-0.2, -0.15) is 0 Å². The highest BCUT2D eigenvalue weighted by Gasteiger charge is 2.28. The van der Waals surface area contributed by atoms with Crippen molar-refractivity contribution in [1.29, 1.82) is 0 Å². The van der Waals surface area contributed by atoms with E-state index in [0.29, 0.717) is 22.9 Å². The fourth-order valence-corrected chi connectivity index (χ4v) is 4.91. The number of carbonyl (C=O) groups excluding carboxylic acids is 1. The molecule has 0 spiro atoms. The van der Waals surface area contributed by atoms with Crippen LogP contribution in [-0.4, -0.2) is 54.1 Å². The van der Waals surface area contributed by atoms with Crippen LogP contribution in [0.15, 0.2) is 71.6 Å². The molecule has 186 valence electrons. The van der Waals surface area contributed by atoms with Crippen LogP contribution in [0.2, 0.25) is 0 Å². The summed E-state index contributed by atoms with van der Waals surface area (Å²) >= 11 is 0. The molecular formula is C26H30N2O6S. The zero-order valence-corrected chi connectivity index (χ0v) is 21.3. The number of methoxy groups -OCH3 is 3. The summed E-state index contributed by atoms with van der Waals surface area (Å²) in [6, 6.07) is 18.5. The molecule has 0 fully saturated rings. The second kappa shape index (κ2) is 11.1. The molecule has 9 heteroatoms. The molecule has 3 rings (SSSR count). The van der Waals surface area contributed by atoms with E-state index in [1.807, 2.05) is 13.0 Å². The van der Waals surface area contributed by atoms with Crippen LogP contribution in [0.1, 0.15) is 11.1 Å². The zero-order chi connectivity index (χ0) is 25.6. The molecule has 0 N–H and O–H groups in total. The highest BCUT2D eigenvalue weighted by molar-refractivity contribution is 7.92. The van der Waals surface area contributed by atoms with Crippen molar-refractivity contribution in [2.75, 3.05) is 39.2 Å². The Morgan fingerprint density at radius 3 is 2.17 bits per heavy atom. The van der Waals surface area contributed by atoms with Crippen LogP contribution in [0.4, 0.5) is 5.69 Å². The minimum Gasteiger partial charge on any atom is -0.497 e. The smallest absolute Gasteiger partial charge is 0.264 e. The van der Waals surface area contributed by atoms with Gasteiger partial charge in [0.05, 0.1) is 31.9 Å². The Morgan fingerprint density at radius 2 is 1.54 bits per heavy atom. The monoisotopic (exact) mass is 498 g/mol. The third kappa shape index (κ3) is 6.05. The largest absolute Gasteiger partial charge is 0.497 e. The van der Waals surface area contributed by atoms with Gasteiger partial charge in [-0.05, 0) is 48.9 Å². The summed E-state index contributed by atoms with van der Waals surface area (Å²) in [5.41, 5.74) is 2.08. The van der Waals surface area contributed by atoms with Gasteiger partial charge in [-0.15, -0.1) is 0 Å². The molecule has 0 unspecified atom stereocenters. The molecule has 0 saturated heterocycles. The van der Waals surface area contributed by atoms with Crippen molar-refractivity contribution < 1.29 is 27.4 Å². The first-order valence-corrected chi connectivity index (χ1v) is 12.3. The van der Waals surface area contributed by atoms with E-state index in [1.54, 1.807) is 69.8 Å². The zero-order valence-electron chi connectivity index (χ0n) is 20.5. The van der Waals surface area contributed by atoms with Gasteiger partial charge in [0.15, 0.2) is 11.5 Å². The predicted octanol–water partition coefficient (Wildman–Crippen LogP) is 3.87. The lowest BCUT2D eigenvalue weighted by Crippen LogP contribution is -2.41. The van der Waals surface area contributed by atoms with E-state index >= 15 is 0 Å². The molecule has 3 aromatic rings. The number of nitrogens with zero attached hydrogens (tertiary/aromatic N) is 2. The predicted molar refractivity (Wildman–Crippen MR) is 135 cm³/mol. The molecule has 0 aliphatic carbocycles. The Labute approximate surface area is 206 Å². The van der Waals surface area contributed by atoms with Crippen LogP contribution in [0.5, 0.6) is 17.2 Å². The van der Waals surface area contributed by atoms with Crippen molar-refractivity contribution in [2.45, 2.75) is 18.4 Å². The van der Waals surface area contributed by atoms with E-state index in [2.05, 4.69) is 0 Å². The van der Waals surface area contributed by atoms with Crippen LogP contribution < -0.4 is 18.5 Å². The number of amides is 1. The Balaban J connectivity index is 1.90. The summed E-state index contributed by atoms with van der Waals surface area (Å²) in [7, 11) is 2.19. The minimum absolute atomic E-state index is 0.0984. The van der Waals surface area contributed by atoms with E-state index in [4.69, 9.17) is 14.2 Å². The summed E-state index contributed by atoms with van der Waals surface area (Å²) in [6.07, 6.45) is 0. The number of hydrogen-bond donors (Lipinski definition) is 0. The van der Waals surface area contributed by atoms with E-state index in [9.17, 15) is 13.2 Å². The molecule has 0 radical (unpaired) electrons. The van der Waals surface area contributed by atoms with Crippen LogP contribution in [0.3, 0.4) is 0 Å². The lowest BCUT2D eigenvalue weighted by Gasteiger charge is -2.27. The van der Waals surface area contributed by atoms with Gasteiger partial charge in [-0.3, -0.25) is 9.10 Å². The van der Waals surface area contributed by atoms with Crippen molar-refractivity contribution >= 4 is 21.6 Å². The molecule has 0 saturated carbocycles. The van der Waals surface area contributed by atoms with E-state index < -0.39 is 10.0 Å². The standard InChI is InChI=1S/C26H30N2O6S/c1-19-9-12-23(13-10-19)35(30,31)28(21-7-6-8-22(16-21)32-3)18-26(29)27(2)17-20-11-14-24(33-4)25(15-20)34-5/h6-16H,17-18H2,1-5H3. The highest BCUT2D eigenvalue weighted by atomic mass is 32.2. The fraction of sp³-hybridized carbons (Fsp3) is 0.269. The van der Waals surface area contributed by atoms with Crippen molar-refractivity contribution in [3.8, 4) is 17.2 Å². The van der Waals surface area contributed by atoms with Gasteiger partial charge in [-0.25, -0.2) is 8.42 Å². The van der Waals surface area contributed by atoms with Gasteiger partial charge in [0.25, 0.3) is 10.0 Å². The maximum atomic E-state index is 13.6. The third-order valence-corrected chi connectivity index (χ3v) is 7.31. The molecule has 0 bridgehead atoms. The average Bonchev–Trinajstić information content (AvgIpc) is 2.87. The summed E-state index contributed by atoms with van der Waals surface area (Å²) < 4.78 is 44.2. The summed E-state index contributed by atoms with van der Waals surface area (Å²) in [5.74, 6) is 1.24. The number of carbonyl (C=O) groups is 1. The van der Waals surface area contributed by atoms with Gasteiger partial charge in [0.1, 0.15) is 12.3 Å². The first-order chi connectivity index (χ1) is 16.7. The molecule has 0 aromatic heterocycles. The number of anilines is 1.